The van der Waals surface area contributed by atoms with Crippen LogP contribution < -0.4 is 10.5 Å². The maximum Gasteiger partial charge on any atom is 0.283 e. The Morgan fingerprint density at radius 1 is 1.14 bits per heavy atom. The van der Waals surface area contributed by atoms with E-state index in [9.17, 15) is 4.79 Å². The number of furan rings is 1. The van der Waals surface area contributed by atoms with Crippen LogP contribution in [0.15, 0.2) is 49.9 Å². The maximum absolute atomic E-state index is 11.0. The van der Waals surface area contributed by atoms with Crippen LogP contribution in [0.25, 0.3) is 11.7 Å². The Balaban J connectivity index is 1.64. The van der Waals surface area contributed by atoms with E-state index in [-0.39, 0.29) is 12.5 Å². The van der Waals surface area contributed by atoms with Crippen molar-refractivity contribution in [2.24, 2.45) is 5.73 Å². The molecule has 0 radical (unpaired) electrons. The van der Waals surface area contributed by atoms with E-state index in [1.165, 1.54) is 0 Å². The van der Waals surface area contributed by atoms with Crippen LogP contribution in [0.4, 0.5) is 0 Å². The van der Waals surface area contributed by atoms with E-state index < -0.39 is 5.91 Å². The number of aromatic nitrogens is 2. The van der Waals surface area contributed by atoms with E-state index in [0.29, 0.717) is 27.6 Å². The molecule has 7 nitrogen and oxygen atoms in total. The number of rotatable bonds is 5. The minimum absolute atomic E-state index is 0.102. The van der Waals surface area contributed by atoms with Gasteiger partial charge >= 0.3 is 0 Å². The Morgan fingerprint density at radius 2 is 1.91 bits per heavy atom. The number of primary amides is 1. The Kier molecular flexibility index (Phi) is 3.92. The Labute approximate surface area is 133 Å². The van der Waals surface area contributed by atoms with Crippen molar-refractivity contribution in [2.75, 3.05) is 0 Å². The summed E-state index contributed by atoms with van der Waals surface area (Å²) in [4.78, 5) is 11.0. The van der Waals surface area contributed by atoms with E-state index in [4.69, 9.17) is 19.3 Å². The highest BCUT2D eigenvalue weighted by Gasteiger charge is 2.12. The van der Waals surface area contributed by atoms with Crippen LogP contribution in [0.2, 0.25) is 0 Å². The summed E-state index contributed by atoms with van der Waals surface area (Å²) in [6.07, 6.45) is 0. The summed E-state index contributed by atoms with van der Waals surface area (Å²) < 4.78 is 16.8. The van der Waals surface area contributed by atoms with Gasteiger partial charge in [-0.1, -0.05) is 0 Å². The van der Waals surface area contributed by atoms with Crippen molar-refractivity contribution < 1.29 is 18.4 Å². The SMILES string of the molecule is NC(=O)c1ccc(OCc2nnc(-c3ccc(Br)o3)o2)cc1. The van der Waals surface area contributed by atoms with Gasteiger partial charge < -0.3 is 19.3 Å². The first kappa shape index (κ1) is 14.3. The molecule has 0 saturated carbocycles. The highest BCUT2D eigenvalue weighted by molar-refractivity contribution is 9.10. The van der Waals surface area contributed by atoms with Gasteiger partial charge in [0.15, 0.2) is 17.0 Å². The largest absolute Gasteiger partial charge is 0.484 e. The molecule has 2 aromatic heterocycles. The van der Waals surface area contributed by atoms with Gasteiger partial charge in [-0.2, -0.15) is 0 Å². The second-order valence-corrected chi connectivity index (χ2v) is 5.06. The van der Waals surface area contributed by atoms with Crippen LogP contribution in [-0.2, 0) is 6.61 Å². The third-order valence-electron chi connectivity index (χ3n) is 2.75. The number of amides is 1. The van der Waals surface area contributed by atoms with Crippen LogP contribution in [0, 0.1) is 0 Å². The lowest BCUT2D eigenvalue weighted by Crippen LogP contribution is -2.10. The number of hydrogen-bond acceptors (Lipinski definition) is 6. The van der Waals surface area contributed by atoms with Crippen molar-refractivity contribution in [2.45, 2.75) is 6.61 Å². The summed E-state index contributed by atoms with van der Waals surface area (Å²) in [7, 11) is 0. The van der Waals surface area contributed by atoms with Crippen molar-refractivity contribution >= 4 is 21.8 Å². The predicted octanol–water partition coefficient (Wildman–Crippen LogP) is 2.77. The highest BCUT2D eigenvalue weighted by atomic mass is 79.9. The van der Waals surface area contributed by atoms with Gasteiger partial charge in [0.1, 0.15) is 5.75 Å². The average molecular weight is 364 g/mol. The fourth-order valence-electron chi connectivity index (χ4n) is 1.70. The molecule has 0 fully saturated rings. The number of halogens is 1. The van der Waals surface area contributed by atoms with Crippen LogP contribution in [0.3, 0.4) is 0 Å². The van der Waals surface area contributed by atoms with Crippen LogP contribution >= 0.6 is 15.9 Å². The zero-order valence-electron chi connectivity index (χ0n) is 11.2. The second kappa shape index (κ2) is 6.02. The molecule has 3 rings (SSSR count). The fourth-order valence-corrected chi connectivity index (χ4v) is 2.01. The molecule has 1 amide bonds. The summed E-state index contributed by atoms with van der Waals surface area (Å²) in [6.45, 7) is 0.102. The number of ether oxygens (including phenoxy) is 1. The second-order valence-electron chi connectivity index (χ2n) is 4.28. The van der Waals surface area contributed by atoms with E-state index in [1.54, 1.807) is 36.4 Å². The van der Waals surface area contributed by atoms with Crippen molar-refractivity contribution in [1.29, 1.82) is 0 Å². The third-order valence-corrected chi connectivity index (χ3v) is 3.18. The van der Waals surface area contributed by atoms with Gasteiger partial charge in [0.2, 0.25) is 5.91 Å². The highest BCUT2D eigenvalue weighted by Crippen LogP contribution is 2.24. The summed E-state index contributed by atoms with van der Waals surface area (Å²) >= 11 is 3.20. The van der Waals surface area contributed by atoms with Crippen LogP contribution in [-0.4, -0.2) is 16.1 Å². The first-order valence-corrected chi connectivity index (χ1v) is 7.02. The molecule has 112 valence electrons. The molecule has 22 heavy (non-hydrogen) atoms. The number of nitrogens with zero attached hydrogens (tertiary/aromatic N) is 2. The molecule has 1 aromatic carbocycles. The van der Waals surface area contributed by atoms with Gasteiger partial charge in [0, 0.05) is 5.56 Å². The monoisotopic (exact) mass is 363 g/mol. The quantitative estimate of drug-likeness (QED) is 0.747. The number of carbonyl (C=O) groups is 1. The van der Waals surface area contributed by atoms with E-state index in [1.807, 2.05) is 0 Å². The van der Waals surface area contributed by atoms with Gasteiger partial charge in [-0.05, 0) is 52.3 Å². The Bertz CT molecular complexity index is 795. The summed E-state index contributed by atoms with van der Waals surface area (Å²) in [5.74, 6) is 1.12. The van der Waals surface area contributed by atoms with Crippen molar-refractivity contribution in [3.05, 3.63) is 52.5 Å². The van der Waals surface area contributed by atoms with Gasteiger partial charge in [-0.25, -0.2) is 0 Å². The molecular formula is C14H10BrN3O4. The van der Waals surface area contributed by atoms with Crippen molar-refractivity contribution in [1.82, 2.24) is 10.2 Å². The molecule has 2 N–H and O–H groups in total. The van der Waals surface area contributed by atoms with E-state index in [2.05, 4.69) is 26.1 Å². The summed E-state index contributed by atoms with van der Waals surface area (Å²) in [5.41, 5.74) is 5.58. The Morgan fingerprint density at radius 3 is 2.55 bits per heavy atom. The smallest absolute Gasteiger partial charge is 0.283 e. The standard InChI is InChI=1S/C14H10BrN3O4/c15-11-6-5-10(21-11)14-18-17-12(22-14)7-20-9-3-1-8(2-4-9)13(16)19/h1-6H,7H2,(H2,16,19). The molecule has 0 aliphatic rings. The molecule has 0 atom stereocenters. The molecule has 0 saturated heterocycles. The minimum Gasteiger partial charge on any atom is -0.484 e. The first-order chi connectivity index (χ1) is 10.6. The molecule has 0 aliphatic heterocycles. The molecule has 0 aliphatic carbocycles. The molecule has 0 spiro atoms. The lowest BCUT2D eigenvalue weighted by Gasteiger charge is -2.03. The van der Waals surface area contributed by atoms with E-state index >= 15 is 0 Å². The molecule has 3 aromatic rings. The molecule has 2 heterocycles. The first-order valence-electron chi connectivity index (χ1n) is 6.22. The van der Waals surface area contributed by atoms with Gasteiger partial charge in [-0.15, -0.1) is 10.2 Å². The molecule has 8 heteroatoms. The molecular weight excluding hydrogens is 354 g/mol. The van der Waals surface area contributed by atoms with Crippen LogP contribution in [0.1, 0.15) is 16.2 Å². The lowest BCUT2D eigenvalue weighted by atomic mass is 10.2. The number of hydrogen-bond donors (Lipinski definition) is 1. The van der Waals surface area contributed by atoms with Gasteiger partial charge in [-0.3, -0.25) is 4.79 Å². The zero-order chi connectivity index (χ0) is 15.5. The number of carbonyl (C=O) groups excluding carboxylic acids is 1. The van der Waals surface area contributed by atoms with Crippen LogP contribution in [0.5, 0.6) is 5.75 Å². The molecule has 0 unspecified atom stereocenters. The minimum atomic E-state index is -0.488. The number of benzene rings is 1. The lowest BCUT2D eigenvalue weighted by molar-refractivity contribution is 0.1000. The summed E-state index contributed by atoms with van der Waals surface area (Å²) in [6, 6.07) is 9.89. The van der Waals surface area contributed by atoms with Crippen molar-refractivity contribution in [3.63, 3.8) is 0 Å². The Hall–Kier alpha value is -2.61. The van der Waals surface area contributed by atoms with Gasteiger partial charge in [0.25, 0.3) is 11.8 Å². The summed E-state index contributed by atoms with van der Waals surface area (Å²) in [5, 5.41) is 7.75. The normalized spacial score (nSPS) is 10.6. The van der Waals surface area contributed by atoms with Crippen molar-refractivity contribution in [3.8, 4) is 17.4 Å². The topological polar surface area (TPSA) is 104 Å². The average Bonchev–Trinajstić information content (AvgIpc) is 3.14. The van der Waals surface area contributed by atoms with E-state index in [0.717, 1.165) is 0 Å². The number of nitrogens with two attached hydrogens (primary N) is 1. The predicted molar refractivity (Wildman–Crippen MR) is 79.0 cm³/mol. The third kappa shape index (κ3) is 3.17. The van der Waals surface area contributed by atoms with Gasteiger partial charge in [0.05, 0.1) is 0 Å². The fraction of sp³-hybridized carbons (Fsp3) is 0.0714. The molecule has 0 bridgehead atoms. The maximum atomic E-state index is 11.0. The zero-order valence-corrected chi connectivity index (χ0v) is 12.7.